The van der Waals surface area contributed by atoms with Gasteiger partial charge in [-0.1, -0.05) is 60.7 Å². The number of methoxy groups -OCH3 is 1. The molecule has 0 spiro atoms. The molecule has 194 valence electrons. The second kappa shape index (κ2) is 11.3. The summed E-state index contributed by atoms with van der Waals surface area (Å²) in [6, 6.07) is 29.6. The minimum absolute atomic E-state index is 0.0225. The molecule has 5 rings (SSSR count). The van der Waals surface area contributed by atoms with Crippen LogP contribution < -0.4 is 10.1 Å². The van der Waals surface area contributed by atoms with E-state index in [-0.39, 0.29) is 11.9 Å². The first-order valence-corrected chi connectivity index (χ1v) is 12.8. The summed E-state index contributed by atoms with van der Waals surface area (Å²) in [5.41, 5.74) is 5.47. The third-order valence-electron chi connectivity index (χ3n) is 7.00. The molecule has 2 heterocycles. The lowest BCUT2D eigenvalue weighted by Crippen LogP contribution is -2.53. The van der Waals surface area contributed by atoms with Gasteiger partial charge >= 0.3 is 6.03 Å². The van der Waals surface area contributed by atoms with E-state index in [0.29, 0.717) is 38.3 Å². The average Bonchev–Trinajstić information content (AvgIpc) is 3.33. The van der Waals surface area contributed by atoms with Crippen molar-refractivity contribution in [2.75, 3.05) is 33.3 Å². The van der Waals surface area contributed by atoms with Crippen molar-refractivity contribution in [1.82, 2.24) is 19.7 Å². The molecule has 4 aromatic rings. The highest BCUT2D eigenvalue weighted by Gasteiger charge is 2.28. The van der Waals surface area contributed by atoms with Crippen LogP contribution in [0, 0.1) is 6.92 Å². The summed E-state index contributed by atoms with van der Waals surface area (Å²) in [6.07, 6.45) is 0. The van der Waals surface area contributed by atoms with E-state index in [4.69, 9.17) is 4.74 Å². The Morgan fingerprint density at radius 1 is 0.816 bits per heavy atom. The zero-order valence-electron chi connectivity index (χ0n) is 21.8. The Morgan fingerprint density at radius 3 is 2.16 bits per heavy atom. The molecule has 1 aliphatic rings. The van der Waals surface area contributed by atoms with Crippen LogP contribution in [0.25, 0.3) is 16.9 Å². The van der Waals surface area contributed by atoms with Gasteiger partial charge in [-0.15, -0.1) is 0 Å². The number of aromatic nitrogens is 1. The van der Waals surface area contributed by atoms with Crippen molar-refractivity contribution in [3.8, 4) is 22.7 Å². The molecule has 7 heteroatoms. The first-order chi connectivity index (χ1) is 18.5. The Kier molecular flexibility index (Phi) is 7.45. The Labute approximate surface area is 223 Å². The molecule has 7 nitrogen and oxygen atoms in total. The van der Waals surface area contributed by atoms with Crippen molar-refractivity contribution in [1.29, 1.82) is 0 Å². The second-order valence-corrected chi connectivity index (χ2v) is 9.36. The largest absolute Gasteiger partial charge is 0.497 e. The zero-order valence-corrected chi connectivity index (χ0v) is 21.8. The van der Waals surface area contributed by atoms with E-state index in [1.54, 1.807) is 12.0 Å². The lowest BCUT2D eigenvalue weighted by Gasteiger charge is -2.34. The van der Waals surface area contributed by atoms with Crippen LogP contribution in [0.4, 0.5) is 4.79 Å². The second-order valence-electron chi connectivity index (χ2n) is 9.36. The molecule has 1 fully saturated rings. The molecule has 3 amide bonds. The van der Waals surface area contributed by atoms with Crippen LogP contribution >= 0.6 is 0 Å². The van der Waals surface area contributed by atoms with E-state index in [9.17, 15) is 9.59 Å². The maximum absolute atomic E-state index is 13.7. The highest BCUT2D eigenvalue weighted by molar-refractivity contribution is 5.97. The number of carbonyl (C=O) groups is 2. The summed E-state index contributed by atoms with van der Waals surface area (Å²) in [5, 5.41) is 2.98. The third kappa shape index (κ3) is 5.27. The van der Waals surface area contributed by atoms with E-state index >= 15 is 0 Å². The van der Waals surface area contributed by atoms with Gasteiger partial charge in [-0.2, -0.15) is 0 Å². The molecule has 0 saturated carbocycles. The number of para-hydroxylation sites is 1. The summed E-state index contributed by atoms with van der Waals surface area (Å²) in [7, 11) is 1.65. The van der Waals surface area contributed by atoms with Gasteiger partial charge < -0.3 is 24.4 Å². The smallest absolute Gasteiger partial charge is 0.317 e. The summed E-state index contributed by atoms with van der Waals surface area (Å²) >= 11 is 0. The number of rotatable bonds is 6. The highest BCUT2D eigenvalue weighted by Crippen LogP contribution is 2.32. The highest BCUT2D eigenvalue weighted by atomic mass is 16.5. The Morgan fingerprint density at radius 2 is 1.47 bits per heavy atom. The van der Waals surface area contributed by atoms with Gasteiger partial charge in [0.2, 0.25) is 0 Å². The van der Waals surface area contributed by atoms with Crippen LogP contribution in [0.2, 0.25) is 0 Å². The number of hydrogen-bond acceptors (Lipinski definition) is 3. The number of hydrogen-bond donors (Lipinski definition) is 1. The normalized spacial score (nSPS) is 13.3. The lowest BCUT2D eigenvalue weighted by molar-refractivity contribution is 0.0664. The molecule has 1 aromatic heterocycles. The van der Waals surface area contributed by atoms with Crippen LogP contribution in [0.15, 0.2) is 91.0 Å². The molecule has 0 radical (unpaired) electrons. The standard InChI is InChI=1S/C31H32N4O3/c1-23-28(21-29(25-12-9-15-27(20-25)38-2)35(23)26-13-7-4-8-14-26)30(36)33-16-18-34(19-17-33)31(37)32-22-24-10-5-3-6-11-24/h3-15,20-21H,16-19,22H2,1-2H3,(H,32,37). The van der Waals surface area contributed by atoms with E-state index in [2.05, 4.69) is 9.88 Å². The summed E-state index contributed by atoms with van der Waals surface area (Å²) in [5.74, 6) is 0.737. The van der Waals surface area contributed by atoms with E-state index in [1.807, 2.05) is 103 Å². The van der Waals surface area contributed by atoms with E-state index in [1.165, 1.54) is 0 Å². The predicted octanol–water partition coefficient (Wildman–Crippen LogP) is 5.13. The van der Waals surface area contributed by atoms with Gasteiger partial charge in [-0.05, 0) is 42.8 Å². The third-order valence-corrected chi connectivity index (χ3v) is 7.00. The van der Waals surface area contributed by atoms with Crippen molar-refractivity contribution in [2.45, 2.75) is 13.5 Å². The van der Waals surface area contributed by atoms with Gasteiger partial charge in [-0.25, -0.2) is 4.79 Å². The van der Waals surface area contributed by atoms with Crippen LogP contribution in [-0.4, -0.2) is 59.6 Å². The summed E-state index contributed by atoms with van der Waals surface area (Å²) < 4.78 is 7.57. The number of ether oxygens (including phenoxy) is 1. The number of nitrogens with zero attached hydrogens (tertiary/aromatic N) is 3. The quantitative estimate of drug-likeness (QED) is 0.393. The molecule has 1 saturated heterocycles. The van der Waals surface area contributed by atoms with Crippen molar-refractivity contribution in [2.24, 2.45) is 0 Å². The van der Waals surface area contributed by atoms with Gasteiger partial charge in [0, 0.05) is 49.7 Å². The van der Waals surface area contributed by atoms with Gasteiger partial charge in [-0.3, -0.25) is 4.79 Å². The SMILES string of the molecule is COc1cccc(-c2cc(C(=O)N3CCN(C(=O)NCc4ccccc4)CC3)c(C)n2-c2ccccc2)c1. The number of carbonyl (C=O) groups excluding carboxylic acids is 2. The van der Waals surface area contributed by atoms with Gasteiger partial charge in [0.1, 0.15) is 5.75 Å². The summed E-state index contributed by atoms with van der Waals surface area (Å²) in [6.45, 7) is 4.43. The minimum atomic E-state index is -0.104. The number of nitrogens with one attached hydrogen (secondary N) is 1. The van der Waals surface area contributed by atoms with Gasteiger partial charge in [0.25, 0.3) is 5.91 Å². The van der Waals surface area contributed by atoms with Crippen LogP contribution in [0.3, 0.4) is 0 Å². The molecule has 0 aliphatic carbocycles. The topological polar surface area (TPSA) is 66.8 Å². The Bertz CT molecular complexity index is 1410. The maximum Gasteiger partial charge on any atom is 0.317 e. The lowest BCUT2D eigenvalue weighted by atomic mass is 10.1. The van der Waals surface area contributed by atoms with Gasteiger partial charge in [0.05, 0.1) is 18.4 Å². The van der Waals surface area contributed by atoms with E-state index in [0.717, 1.165) is 34.0 Å². The first kappa shape index (κ1) is 25.1. The van der Waals surface area contributed by atoms with Crippen LogP contribution in [0.1, 0.15) is 21.6 Å². The minimum Gasteiger partial charge on any atom is -0.497 e. The number of piperazine rings is 1. The zero-order chi connectivity index (χ0) is 26.5. The van der Waals surface area contributed by atoms with Crippen molar-refractivity contribution in [3.05, 3.63) is 108 Å². The van der Waals surface area contributed by atoms with Crippen molar-refractivity contribution < 1.29 is 14.3 Å². The fourth-order valence-corrected chi connectivity index (χ4v) is 4.90. The van der Waals surface area contributed by atoms with Crippen LogP contribution in [0.5, 0.6) is 5.75 Å². The molecule has 0 bridgehead atoms. The molecule has 0 unspecified atom stereocenters. The molecule has 1 aliphatic heterocycles. The number of amides is 3. The Balaban J connectivity index is 1.34. The molecular weight excluding hydrogens is 476 g/mol. The maximum atomic E-state index is 13.7. The van der Waals surface area contributed by atoms with E-state index < -0.39 is 0 Å². The number of urea groups is 1. The van der Waals surface area contributed by atoms with Crippen LogP contribution in [-0.2, 0) is 6.54 Å². The van der Waals surface area contributed by atoms with Gasteiger partial charge in [0.15, 0.2) is 0 Å². The molecule has 0 atom stereocenters. The first-order valence-electron chi connectivity index (χ1n) is 12.8. The fourth-order valence-electron chi connectivity index (χ4n) is 4.90. The average molecular weight is 509 g/mol. The predicted molar refractivity (Wildman–Crippen MR) is 149 cm³/mol. The van der Waals surface area contributed by atoms with Crippen molar-refractivity contribution >= 4 is 11.9 Å². The summed E-state index contributed by atoms with van der Waals surface area (Å²) in [4.78, 5) is 30.0. The van der Waals surface area contributed by atoms with Crippen molar-refractivity contribution in [3.63, 3.8) is 0 Å². The molecule has 38 heavy (non-hydrogen) atoms. The molecule has 1 N–H and O–H groups in total. The fraction of sp³-hybridized carbons (Fsp3) is 0.226. The number of benzene rings is 3. The molecular formula is C31H32N4O3. The molecule has 3 aromatic carbocycles. The monoisotopic (exact) mass is 508 g/mol. The Hall–Kier alpha value is -4.52.